The van der Waals surface area contributed by atoms with Crippen molar-refractivity contribution in [3.63, 3.8) is 0 Å². The Kier molecular flexibility index (Phi) is 2.75. The van der Waals surface area contributed by atoms with Crippen LogP contribution < -0.4 is 0 Å². The first-order valence-electron chi connectivity index (χ1n) is 6.35. The second-order valence-corrected chi connectivity index (χ2v) is 6.64. The molecule has 0 bridgehead atoms. The number of rotatable bonds is 1. The standard InChI is InChI=1S/C14H22O3/c1-13(2)5-6-14(3,4)11-8-9(7-10(11)13)17-12(15)16/h9H,5-8H2,1-4H3,(H,15,16). The van der Waals surface area contributed by atoms with Gasteiger partial charge in [0, 0.05) is 12.8 Å². The van der Waals surface area contributed by atoms with Gasteiger partial charge in [0.15, 0.2) is 0 Å². The Morgan fingerprint density at radius 1 is 1.12 bits per heavy atom. The molecule has 3 nitrogen and oxygen atoms in total. The molecule has 0 aromatic carbocycles. The fourth-order valence-corrected chi connectivity index (χ4v) is 3.30. The summed E-state index contributed by atoms with van der Waals surface area (Å²) in [4.78, 5) is 10.6. The van der Waals surface area contributed by atoms with Crippen LogP contribution in [-0.4, -0.2) is 17.4 Å². The number of carbonyl (C=O) groups is 1. The van der Waals surface area contributed by atoms with Crippen LogP contribution in [0.1, 0.15) is 53.4 Å². The fourth-order valence-electron chi connectivity index (χ4n) is 3.30. The van der Waals surface area contributed by atoms with Gasteiger partial charge in [-0.25, -0.2) is 4.79 Å². The molecule has 3 heteroatoms. The molecule has 0 amide bonds. The summed E-state index contributed by atoms with van der Waals surface area (Å²) >= 11 is 0. The number of hydrogen-bond donors (Lipinski definition) is 1. The van der Waals surface area contributed by atoms with Crippen LogP contribution in [0.5, 0.6) is 0 Å². The lowest BCUT2D eigenvalue weighted by atomic mass is 9.64. The summed E-state index contributed by atoms with van der Waals surface area (Å²) in [7, 11) is 0. The van der Waals surface area contributed by atoms with Gasteiger partial charge in [0.2, 0.25) is 0 Å². The van der Waals surface area contributed by atoms with Crippen LogP contribution in [0.3, 0.4) is 0 Å². The molecule has 2 rings (SSSR count). The van der Waals surface area contributed by atoms with Crippen molar-refractivity contribution in [3.05, 3.63) is 11.1 Å². The van der Waals surface area contributed by atoms with E-state index < -0.39 is 6.16 Å². The number of carboxylic acid groups (broad SMARTS) is 1. The average Bonchev–Trinajstić information content (AvgIpc) is 2.58. The van der Waals surface area contributed by atoms with Crippen molar-refractivity contribution in [2.24, 2.45) is 10.8 Å². The molecule has 0 unspecified atom stereocenters. The summed E-state index contributed by atoms with van der Waals surface area (Å²) in [6.07, 6.45) is 2.63. The quantitative estimate of drug-likeness (QED) is 0.555. The predicted octanol–water partition coefficient (Wildman–Crippen LogP) is 3.99. The van der Waals surface area contributed by atoms with E-state index in [1.165, 1.54) is 24.0 Å². The average molecular weight is 238 g/mol. The molecule has 0 aromatic rings. The Morgan fingerprint density at radius 3 is 1.88 bits per heavy atom. The third-order valence-corrected chi connectivity index (χ3v) is 4.50. The van der Waals surface area contributed by atoms with E-state index in [4.69, 9.17) is 9.84 Å². The van der Waals surface area contributed by atoms with Gasteiger partial charge < -0.3 is 9.84 Å². The minimum Gasteiger partial charge on any atom is -0.450 e. The zero-order valence-electron chi connectivity index (χ0n) is 11.2. The van der Waals surface area contributed by atoms with E-state index in [2.05, 4.69) is 27.7 Å². The van der Waals surface area contributed by atoms with Gasteiger partial charge in [-0.3, -0.25) is 0 Å². The maximum absolute atomic E-state index is 10.6. The van der Waals surface area contributed by atoms with E-state index >= 15 is 0 Å². The van der Waals surface area contributed by atoms with E-state index in [0.717, 1.165) is 12.8 Å². The zero-order chi connectivity index (χ0) is 12.8. The predicted molar refractivity (Wildman–Crippen MR) is 66.0 cm³/mol. The van der Waals surface area contributed by atoms with Crippen LogP contribution >= 0.6 is 0 Å². The van der Waals surface area contributed by atoms with Crippen molar-refractivity contribution >= 4 is 6.16 Å². The van der Waals surface area contributed by atoms with Gasteiger partial charge in [-0.05, 0) is 23.7 Å². The molecule has 0 saturated carbocycles. The van der Waals surface area contributed by atoms with Crippen LogP contribution in [0, 0.1) is 10.8 Å². The molecule has 0 aromatic heterocycles. The van der Waals surface area contributed by atoms with Crippen LogP contribution in [-0.2, 0) is 4.74 Å². The number of hydrogen-bond acceptors (Lipinski definition) is 2. The van der Waals surface area contributed by atoms with Crippen molar-refractivity contribution in [2.45, 2.75) is 59.5 Å². The Labute approximate surface area is 103 Å². The first-order valence-corrected chi connectivity index (χ1v) is 6.35. The fraction of sp³-hybridized carbons (Fsp3) is 0.786. The van der Waals surface area contributed by atoms with Gasteiger partial charge in [0.1, 0.15) is 6.10 Å². The maximum Gasteiger partial charge on any atom is 0.506 e. The van der Waals surface area contributed by atoms with Gasteiger partial charge in [-0.15, -0.1) is 0 Å². The van der Waals surface area contributed by atoms with E-state index in [0.29, 0.717) is 0 Å². The molecule has 0 heterocycles. The summed E-state index contributed by atoms with van der Waals surface area (Å²) < 4.78 is 4.96. The van der Waals surface area contributed by atoms with Crippen molar-refractivity contribution in [1.29, 1.82) is 0 Å². The van der Waals surface area contributed by atoms with Gasteiger partial charge in [0.25, 0.3) is 0 Å². The maximum atomic E-state index is 10.6. The molecule has 17 heavy (non-hydrogen) atoms. The first kappa shape index (κ1) is 12.5. The molecule has 1 N–H and O–H groups in total. The molecule has 0 radical (unpaired) electrons. The van der Waals surface area contributed by atoms with Crippen LogP contribution in [0.2, 0.25) is 0 Å². The van der Waals surface area contributed by atoms with Crippen molar-refractivity contribution in [3.8, 4) is 0 Å². The Balaban J connectivity index is 2.25. The third-order valence-electron chi connectivity index (χ3n) is 4.50. The summed E-state index contributed by atoms with van der Waals surface area (Å²) in [5.74, 6) is 0. The number of ether oxygens (including phenoxy) is 1. The summed E-state index contributed by atoms with van der Waals surface area (Å²) in [6, 6.07) is 0. The summed E-state index contributed by atoms with van der Waals surface area (Å²) in [5.41, 5.74) is 3.31. The van der Waals surface area contributed by atoms with Crippen molar-refractivity contribution in [2.75, 3.05) is 0 Å². The van der Waals surface area contributed by atoms with Crippen LogP contribution in [0.15, 0.2) is 11.1 Å². The lowest BCUT2D eigenvalue weighted by Gasteiger charge is -2.41. The summed E-state index contributed by atoms with van der Waals surface area (Å²) in [5, 5.41) is 8.73. The zero-order valence-corrected chi connectivity index (χ0v) is 11.2. The molecule has 0 spiro atoms. The third kappa shape index (κ3) is 2.20. The van der Waals surface area contributed by atoms with Gasteiger partial charge in [-0.2, -0.15) is 0 Å². The van der Waals surface area contributed by atoms with Gasteiger partial charge in [-0.1, -0.05) is 38.8 Å². The SMILES string of the molecule is CC1(C)CCC(C)(C)C2=C1CC(OC(=O)O)C2. The van der Waals surface area contributed by atoms with Crippen LogP contribution in [0.25, 0.3) is 0 Å². The van der Waals surface area contributed by atoms with Gasteiger partial charge >= 0.3 is 6.16 Å². The Hall–Kier alpha value is -0.990. The topological polar surface area (TPSA) is 46.5 Å². The molecule has 96 valence electrons. The Bertz CT molecular complexity index is 349. The largest absolute Gasteiger partial charge is 0.506 e. The monoisotopic (exact) mass is 238 g/mol. The second-order valence-electron chi connectivity index (χ2n) is 6.64. The van der Waals surface area contributed by atoms with Crippen LogP contribution in [0.4, 0.5) is 4.79 Å². The minimum absolute atomic E-state index is 0.158. The molecule has 2 aliphatic rings. The van der Waals surface area contributed by atoms with E-state index in [-0.39, 0.29) is 16.9 Å². The second kappa shape index (κ2) is 3.76. The lowest BCUT2D eigenvalue weighted by Crippen LogP contribution is -2.28. The van der Waals surface area contributed by atoms with E-state index in [1.54, 1.807) is 0 Å². The molecule has 0 saturated heterocycles. The highest BCUT2D eigenvalue weighted by Gasteiger charge is 2.44. The molecule has 0 aliphatic heterocycles. The molecule has 0 atom stereocenters. The molecular weight excluding hydrogens is 216 g/mol. The minimum atomic E-state index is -1.15. The normalized spacial score (nSPS) is 26.8. The highest BCUT2D eigenvalue weighted by molar-refractivity contribution is 5.57. The van der Waals surface area contributed by atoms with E-state index in [9.17, 15) is 4.79 Å². The molecular formula is C14H22O3. The smallest absolute Gasteiger partial charge is 0.450 e. The van der Waals surface area contributed by atoms with E-state index in [1.807, 2.05) is 0 Å². The van der Waals surface area contributed by atoms with Crippen molar-refractivity contribution < 1.29 is 14.6 Å². The van der Waals surface area contributed by atoms with Crippen molar-refractivity contribution in [1.82, 2.24) is 0 Å². The molecule has 0 fully saturated rings. The lowest BCUT2D eigenvalue weighted by molar-refractivity contribution is 0.0544. The first-order chi connectivity index (χ1) is 7.72. The Morgan fingerprint density at radius 2 is 1.53 bits per heavy atom. The highest BCUT2D eigenvalue weighted by atomic mass is 16.7. The highest BCUT2D eigenvalue weighted by Crippen LogP contribution is 2.55. The molecule has 2 aliphatic carbocycles. The van der Waals surface area contributed by atoms with Gasteiger partial charge in [0.05, 0.1) is 0 Å². The summed E-state index contributed by atoms with van der Waals surface area (Å²) in [6.45, 7) is 9.06.